The highest BCUT2D eigenvalue weighted by Crippen LogP contribution is 2.35. The smallest absolute Gasteiger partial charge is 0.416 e. The lowest BCUT2D eigenvalue weighted by Crippen LogP contribution is -2.49. The lowest BCUT2D eigenvalue weighted by molar-refractivity contribution is -0.142. The molecule has 0 aromatic heterocycles. The van der Waals surface area contributed by atoms with Gasteiger partial charge in [-0.3, -0.25) is 4.90 Å². The minimum atomic E-state index is -4.41. The number of benzene rings is 2. The van der Waals surface area contributed by atoms with Gasteiger partial charge in [0.05, 0.1) is 22.8 Å². The summed E-state index contributed by atoms with van der Waals surface area (Å²) in [6, 6.07) is 11.9. The molecule has 0 aliphatic carbocycles. The SMILES string of the molecule is CC1(C)CN(Cc2cccc(C(=O)O)c2)CC(c2cccc(C(F)(F)F)c2)O1. The average Bonchev–Trinajstić information content (AvgIpc) is 2.60. The lowest BCUT2D eigenvalue weighted by atomic mass is 9.99. The summed E-state index contributed by atoms with van der Waals surface area (Å²) >= 11 is 0. The van der Waals surface area contributed by atoms with Gasteiger partial charge in [-0.25, -0.2) is 4.79 Å². The number of nitrogens with zero attached hydrogens (tertiary/aromatic N) is 1. The Labute approximate surface area is 161 Å². The Hall–Kier alpha value is -2.38. The van der Waals surface area contributed by atoms with Gasteiger partial charge in [0.25, 0.3) is 0 Å². The van der Waals surface area contributed by atoms with E-state index in [-0.39, 0.29) is 5.56 Å². The largest absolute Gasteiger partial charge is 0.478 e. The van der Waals surface area contributed by atoms with Crippen molar-refractivity contribution < 1.29 is 27.8 Å². The molecule has 0 spiro atoms. The number of carboxylic acid groups (broad SMARTS) is 1. The van der Waals surface area contributed by atoms with E-state index in [1.807, 2.05) is 19.9 Å². The molecule has 1 atom stereocenters. The third-order valence-electron chi connectivity index (χ3n) is 4.66. The van der Waals surface area contributed by atoms with Gasteiger partial charge >= 0.3 is 12.1 Å². The van der Waals surface area contributed by atoms with Crippen LogP contribution in [-0.2, 0) is 17.5 Å². The van der Waals surface area contributed by atoms with E-state index >= 15 is 0 Å². The molecule has 1 heterocycles. The van der Waals surface area contributed by atoms with Crippen LogP contribution in [0.4, 0.5) is 13.2 Å². The van der Waals surface area contributed by atoms with Gasteiger partial charge < -0.3 is 9.84 Å². The molecule has 1 aliphatic rings. The number of halogens is 3. The van der Waals surface area contributed by atoms with Crippen LogP contribution in [0.2, 0.25) is 0 Å². The van der Waals surface area contributed by atoms with Crippen LogP contribution in [0.1, 0.15) is 47.0 Å². The van der Waals surface area contributed by atoms with Crippen LogP contribution in [-0.4, -0.2) is 34.7 Å². The highest BCUT2D eigenvalue weighted by atomic mass is 19.4. The van der Waals surface area contributed by atoms with Crippen molar-refractivity contribution in [1.82, 2.24) is 4.90 Å². The van der Waals surface area contributed by atoms with Crippen molar-refractivity contribution in [2.24, 2.45) is 0 Å². The summed E-state index contributed by atoms with van der Waals surface area (Å²) in [6.07, 6.45) is -4.91. The maximum Gasteiger partial charge on any atom is 0.416 e. The van der Waals surface area contributed by atoms with E-state index in [1.54, 1.807) is 18.2 Å². The Morgan fingerprint density at radius 3 is 2.61 bits per heavy atom. The van der Waals surface area contributed by atoms with Gasteiger partial charge in [0, 0.05) is 19.6 Å². The third kappa shape index (κ3) is 4.91. The number of carbonyl (C=O) groups is 1. The monoisotopic (exact) mass is 393 g/mol. The number of rotatable bonds is 4. The predicted molar refractivity (Wildman–Crippen MR) is 98.0 cm³/mol. The molecular formula is C21H22F3NO3. The Morgan fingerprint density at radius 1 is 1.21 bits per heavy atom. The zero-order valence-corrected chi connectivity index (χ0v) is 15.7. The second-order valence-electron chi connectivity index (χ2n) is 7.66. The summed E-state index contributed by atoms with van der Waals surface area (Å²) in [5.74, 6) is -0.994. The highest BCUT2D eigenvalue weighted by Gasteiger charge is 2.36. The molecule has 1 saturated heterocycles. The van der Waals surface area contributed by atoms with E-state index in [4.69, 9.17) is 9.84 Å². The molecule has 28 heavy (non-hydrogen) atoms. The molecule has 1 N–H and O–H groups in total. The molecule has 1 aliphatic heterocycles. The number of hydrogen-bond acceptors (Lipinski definition) is 3. The molecule has 3 rings (SSSR count). The van der Waals surface area contributed by atoms with Gasteiger partial charge in [-0.1, -0.05) is 24.3 Å². The second-order valence-corrected chi connectivity index (χ2v) is 7.66. The molecule has 7 heteroatoms. The summed E-state index contributed by atoms with van der Waals surface area (Å²) in [5.41, 5.74) is 0.270. The Bertz CT molecular complexity index is 864. The summed E-state index contributed by atoms with van der Waals surface area (Å²) in [6.45, 7) is 5.28. The van der Waals surface area contributed by atoms with Crippen molar-refractivity contribution in [3.63, 3.8) is 0 Å². The Kier molecular flexibility index (Phi) is 5.50. The Morgan fingerprint density at radius 2 is 1.93 bits per heavy atom. The molecular weight excluding hydrogens is 371 g/mol. The first-order valence-corrected chi connectivity index (χ1v) is 8.93. The molecule has 2 aromatic rings. The quantitative estimate of drug-likeness (QED) is 0.814. The number of aromatic carboxylic acids is 1. The second kappa shape index (κ2) is 7.56. The molecule has 0 amide bonds. The van der Waals surface area contributed by atoms with Gasteiger partial charge in [0.2, 0.25) is 0 Å². The third-order valence-corrected chi connectivity index (χ3v) is 4.66. The molecule has 0 radical (unpaired) electrons. The van der Waals surface area contributed by atoms with Crippen molar-refractivity contribution in [2.45, 2.75) is 38.3 Å². The van der Waals surface area contributed by atoms with Gasteiger partial charge in [0.1, 0.15) is 0 Å². The van der Waals surface area contributed by atoms with E-state index < -0.39 is 29.4 Å². The first-order chi connectivity index (χ1) is 13.0. The topological polar surface area (TPSA) is 49.8 Å². The predicted octanol–water partition coefficient (Wildman–Crippen LogP) is 4.76. The average molecular weight is 393 g/mol. The van der Waals surface area contributed by atoms with Crippen LogP contribution in [0.25, 0.3) is 0 Å². The minimum Gasteiger partial charge on any atom is -0.478 e. The van der Waals surface area contributed by atoms with Gasteiger partial charge in [-0.05, 0) is 49.2 Å². The standard InChI is InChI=1S/C21H22F3NO3/c1-20(2)13-25(11-14-5-3-7-16(9-14)19(26)27)12-18(28-20)15-6-4-8-17(10-15)21(22,23)24/h3-10,18H,11-13H2,1-2H3,(H,26,27). The van der Waals surface area contributed by atoms with E-state index in [1.165, 1.54) is 12.1 Å². The molecule has 150 valence electrons. The molecule has 2 aromatic carbocycles. The lowest BCUT2D eigenvalue weighted by Gasteiger charge is -2.43. The zero-order valence-electron chi connectivity index (χ0n) is 15.7. The minimum absolute atomic E-state index is 0.208. The summed E-state index contributed by atoms with van der Waals surface area (Å²) < 4.78 is 45.2. The first kappa shape index (κ1) is 20.4. The van der Waals surface area contributed by atoms with Crippen molar-refractivity contribution in [1.29, 1.82) is 0 Å². The van der Waals surface area contributed by atoms with Crippen LogP contribution < -0.4 is 0 Å². The Balaban J connectivity index is 1.82. The van der Waals surface area contributed by atoms with Crippen molar-refractivity contribution >= 4 is 5.97 Å². The maximum atomic E-state index is 13.1. The normalized spacial score (nSPS) is 20.1. The maximum absolute atomic E-state index is 13.1. The van der Waals surface area contributed by atoms with Crippen LogP contribution in [0.5, 0.6) is 0 Å². The number of ether oxygens (including phenoxy) is 1. The number of morpholine rings is 1. The first-order valence-electron chi connectivity index (χ1n) is 8.93. The number of alkyl halides is 3. The van der Waals surface area contributed by atoms with E-state index in [0.717, 1.165) is 17.7 Å². The van der Waals surface area contributed by atoms with Crippen molar-refractivity contribution in [3.8, 4) is 0 Å². The number of carboxylic acids is 1. The summed E-state index contributed by atoms with van der Waals surface area (Å²) in [5, 5.41) is 9.16. The van der Waals surface area contributed by atoms with Crippen molar-refractivity contribution in [2.75, 3.05) is 13.1 Å². The van der Waals surface area contributed by atoms with Gasteiger partial charge in [-0.15, -0.1) is 0 Å². The van der Waals surface area contributed by atoms with Crippen molar-refractivity contribution in [3.05, 3.63) is 70.8 Å². The van der Waals surface area contributed by atoms with Gasteiger partial charge in [-0.2, -0.15) is 13.2 Å². The van der Waals surface area contributed by atoms with E-state index in [0.29, 0.717) is 25.2 Å². The fraction of sp³-hybridized carbons (Fsp3) is 0.381. The molecule has 0 bridgehead atoms. The van der Waals surface area contributed by atoms with Crippen LogP contribution in [0, 0.1) is 0 Å². The highest BCUT2D eigenvalue weighted by molar-refractivity contribution is 5.87. The van der Waals surface area contributed by atoms with E-state index in [9.17, 15) is 18.0 Å². The molecule has 1 fully saturated rings. The zero-order chi connectivity index (χ0) is 20.5. The summed E-state index contributed by atoms with van der Waals surface area (Å²) in [4.78, 5) is 13.3. The number of hydrogen-bond donors (Lipinski definition) is 1. The van der Waals surface area contributed by atoms with Gasteiger partial charge in [0.15, 0.2) is 0 Å². The van der Waals surface area contributed by atoms with Crippen LogP contribution in [0.15, 0.2) is 48.5 Å². The fourth-order valence-electron chi connectivity index (χ4n) is 3.57. The molecule has 4 nitrogen and oxygen atoms in total. The van der Waals surface area contributed by atoms with Crippen LogP contribution >= 0.6 is 0 Å². The molecule has 1 unspecified atom stereocenters. The van der Waals surface area contributed by atoms with Crippen LogP contribution in [0.3, 0.4) is 0 Å². The molecule has 0 saturated carbocycles. The fourth-order valence-corrected chi connectivity index (χ4v) is 3.57. The van der Waals surface area contributed by atoms with E-state index in [2.05, 4.69) is 4.90 Å². The summed E-state index contributed by atoms with van der Waals surface area (Å²) in [7, 11) is 0.